The molecule has 0 N–H and O–H groups in total. The van der Waals surface area contributed by atoms with Crippen molar-refractivity contribution in [3.05, 3.63) is 0 Å². The molecule has 1 rings (SSSR count). The van der Waals surface area contributed by atoms with E-state index in [1.54, 1.807) is 0 Å². The van der Waals surface area contributed by atoms with Crippen molar-refractivity contribution in [2.24, 2.45) is 0 Å². The third kappa shape index (κ3) is 2.43. The number of hydrogen-bond acceptors (Lipinski definition) is 2. The number of ether oxygens (including phenoxy) is 1. The average Bonchev–Trinajstić information content (AvgIpc) is 1.86. The summed E-state index contributed by atoms with van der Waals surface area (Å²) in [5.74, 6) is 0. The van der Waals surface area contributed by atoms with Gasteiger partial charge in [0.25, 0.3) is 0 Å². The van der Waals surface area contributed by atoms with Gasteiger partial charge in [0.15, 0.2) is 0 Å². The molecule has 0 saturated carbocycles. The van der Waals surface area contributed by atoms with Gasteiger partial charge in [0.1, 0.15) is 0 Å². The second kappa shape index (κ2) is 3.09. The number of morpholine rings is 1. The first kappa shape index (κ1) is 8.97. The van der Waals surface area contributed by atoms with Crippen molar-refractivity contribution in [2.75, 3.05) is 40.8 Å². The minimum atomic E-state index is 0.390. The summed E-state index contributed by atoms with van der Waals surface area (Å²) in [5.41, 5.74) is 0. The zero-order valence-corrected chi connectivity index (χ0v) is 8.00. The standard InChI is InChI=1S/C8H19N2O/c1-8-7-9(5-6-11-8)10(2,3)4/h8H,5-7H2,1-4H3/q+1. The number of hydrogen-bond donors (Lipinski definition) is 0. The van der Waals surface area contributed by atoms with Gasteiger partial charge >= 0.3 is 0 Å². The molecule has 0 spiro atoms. The summed E-state index contributed by atoms with van der Waals surface area (Å²) >= 11 is 0. The molecule has 3 heteroatoms. The summed E-state index contributed by atoms with van der Waals surface area (Å²) < 4.78 is 6.36. The number of nitrogens with zero attached hydrogens (tertiary/aromatic N) is 2. The van der Waals surface area contributed by atoms with E-state index in [4.69, 9.17) is 4.74 Å². The Morgan fingerprint density at radius 3 is 2.36 bits per heavy atom. The van der Waals surface area contributed by atoms with E-state index in [0.29, 0.717) is 6.10 Å². The maximum atomic E-state index is 5.45. The van der Waals surface area contributed by atoms with Gasteiger partial charge in [-0.05, 0) is 6.92 Å². The monoisotopic (exact) mass is 159 g/mol. The fraction of sp³-hybridized carbons (Fsp3) is 1.00. The van der Waals surface area contributed by atoms with Crippen LogP contribution in [0.5, 0.6) is 0 Å². The molecule has 1 saturated heterocycles. The summed E-state index contributed by atoms with van der Waals surface area (Å²) in [5, 5.41) is 2.41. The molecule has 0 aromatic carbocycles. The smallest absolute Gasteiger partial charge is 0.0855 e. The SMILES string of the molecule is CC1CN([N+](C)(C)C)CCO1. The molecule has 1 atom stereocenters. The van der Waals surface area contributed by atoms with Crippen molar-refractivity contribution in [3.63, 3.8) is 0 Å². The molecule has 1 aliphatic heterocycles. The van der Waals surface area contributed by atoms with Gasteiger partial charge in [0.2, 0.25) is 0 Å². The van der Waals surface area contributed by atoms with Crippen molar-refractivity contribution < 1.29 is 9.33 Å². The van der Waals surface area contributed by atoms with E-state index in [1.165, 1.54) is 0 Å². The highest BCUT2D eigenvalue weighted by Crippen LogP contribution is 2.09. The lowest BCUT2D eigenvalue weighted by Crippen LogP contribution is -2.57. The molecular weight excluding hydrogens is 140 g/mol. The van der Waals surface area contributed by atoms with Gasteiger partial charge < -0.3 is 4.74 Å². The summed E-state index contributed by atoms with van der Waals surface area (Å²) in [7, 11) is 6.58. The predicted molar refractivity (Wildman–Crippen MR) is 45.0 cm³/mol. The fourth-order valence-electron chi connectivity index (χ4n) is 1.34. The Balaban J connectivity index is 2.46. The molecule has 0 aliphatic carbocycles. The zero-order valence-electron chi connectivity index (χ0n) is 8.00. The Hall–Kier alpha value is -0.120. The number of rotatable bonds is 1. The Morgan fingerprint density at radius 1 is 1.36 bits per heavy atom. The molecule has 11 heavy (non-hydrogen) atoms. The summed E-state index contributed by atoms with van der Waals surface area (Å²) in [4.78, 5) is 0. The third-order valence-electron chi connectivity index (χ3n) is 2.07. The second-order valence-corrected chi connectivity index (χ2v) is 4.04. The maximum Gasteiger partial charge on any atom is 0.0855 e. The molecule has 3 nitrogen and oxygen atoms in total. The first-order chi connectivity index (χ1) is 5.00. The lowest BCUT2D eigenvalue weighted by atomic mass is 10.3. The highest BCUT2D eigenvalue weighted by molar-refractivity contribution is 4.60. The molecule has 66 valence electrons. The summed E-state index contributed by atoms with van der Waals surface area (Å²) in [6, 6.07) is 0. The van der Waals surface area contributed by atoms with Crippen molar-refractivity contribution in [2.45, 2.75) is 13.0 Å². The lowest BCUT2D eigenvalue weighted by Gasteiger charge is -2.40. The molecular formula is C8H19N2O+. The average molecular weight is 159 g/mol. The van der Waals surface area contributed by atoms with Gasteiger partial charge in [0.05, 0.1) is 46.9 Å². The van der Waals surface area contributed by atoms with Crippen LogP contribution in [-0.2, 0) is 4.74 Å². The molecule has 0 amide bonds. The molecule has 0 bridgehead atoms. The third-order valence-corrected chi connectivity index (χ3v) is 2.07. The lowest BCUT2D eigenvalue weighted by molar-refractivity contribution is -0.988. The van der Waals surface area contributed by atoms with Crippen LogP contribution in [0.15, 0.2) is 0 Å². The van der Waals surface area contributed by atoms with Crippen LogP contribution in [0.3, 0.4) is 0 Å². The highest BCUT2D eigenvalue weighted by atomic mass is 16.5. The van der Waals surface area contributed by atoms with Crippen molar-refractivity contribution in [1.82, 2.24) is 5.01 Å². The van der Waals surface area contributed by atoms with E-state index in [2.05, 4.69) is 33.1 Å². The van der Waals surface area contributed by atoms with Crippen LogP contribution in [0.1, 0.15) is 6.92 Å². The molecule has 1 fully saturated rings. The van der Waals surface area contributed by atoms with Crippen LogP contribution in [0, 0.1) is 0 Å². The first-order valence-corrected chi connectivity index (χ1v) is 4.18. The largest absolute Gasteiger partial charge is 0.375 e. The van der Waals surface area contributed by atoms with Gasteiger partial charge in [-0.25, -0.2) is 0 Å². The fourth-order valence-corrected chi connectivity index (χ4v) is 1.34. The zero-order chi connectivity index (χ0) is 8.48. The van der Waals surface area contributed by atoms with Crippen molar-refractivity contribution in [3.8, 4) is 0 Å². The van der Waals surface area contributed by atoms with Crippen molar-refractivity contribution in [1.29, 1.82) is 0 Å². The summed E-state index contributed by atoms with van der Waals surface area (Å²) in [6.07, 6.45) is 0.390. The van der Waals surface area contributed by atoms with E-state index in [1.807, 2.05) is 0 Å². The van der Waals surface area contributed by atoms with Crippen LogP contribution in [-0.4, -0.2) is 56.5 Å². The van der Waals surface area contributed by atoms with Crippen LogP contribution in [0.2, 0.25) is 0 Å². The van der Waals surface area contributed by atoms with Crippen LogP contribution in [0.25, 0.3) is 0 Å². The quantitative estimate of drug-likeness (QED) is 0.511. The van der Waals surface area contributed by atoms with E-state index in [0.717, 1.165) is 24.3 Å². The van der Waals surface area contributed by atoms with Gasteiger partial charge in [0, 0.05) is 0 Å². The Labute approximate surface area is 69.1 Å². The predicted octanol–water partition coefficient (Wildman–Crippen LogP) is 0.328. The van der Waals surface area contributed by atoms with E-state index >= 15 is 0 Å². The van der Waals surface area contributed by atoms with Crippen LogP contribution >= 0.6 is 0 Å². The molecule has 0 radical (unpaired) electrons. The van der Waals surface area contributed by atoms with Gasteiger partial charge in [-0.2, -0.15) is 5.01 Å². The van der Waals surface area contributed by atoms with Gasteiger partial charge in [-0.1, -0.05) is 0 Å². The second-order valence-electron chi connectivity index (χ2n) is 4.04. The summed E-state index contributed by atoms with van der Waals surface area (Å²) in [6.45, 7) is 5.09. The molecule has 0 aromatic rings. The van der Waals surface area contributed by atoms with E-state index in [9.17, 15) is 0 Å². The van der Waals surface area contributed by atoms with E-state index < -0.39 is 0 Å². The number of quaternary nitrogens is 1. The van der Waals surface area contributed by atoms with E-state index in [-0.39, 0.29) is 0 Å². The molecule has 1 unspecified atom stereocenters. The molecule has 1 aliphatic rings. The normalized spacial score (nSPS) is 28.9. The highest BCUT2D eigenvalue weighted by Gasteiger charge is 2.26. The maximum absolute atomic E-state index is 5.45. The Kier molecular flexibility index (Phi) is 2.52. The Bertz CT molecular complexity index is 131. The topological polar surface area (TPSA) is 12.5 Å². The van der Waals surface area contributed by atoms with Crippen LogP contribution in [0.4, 0.5) is 0 Å². The first-order valence-electron chi connectivity index (χ1n) is 4.18. The van der Waals surface area contributed by atoms with Gasteiger partial charge in [-0.3, -0.25) is 4.59 Å². The molecule has 0 aromatic heterocycles. The van der Waals surface area contributed by atoms with Gasteiger partial charge in [-0.15, -0.1) is 0 Å². The molecule has 1 heterocycles. The van der Waals surface area contributed by atoms with Crippen LogP contribution < -0.4 is 0 Å². The Morgan fingerprint density at radius 2 is 2.00 bits per heavy atom. The van der Waals surface area contributed by atoms with Crippen molar-refractivity contribution >= 4 is 0 Å². The minimum absolute atomic E-state index is 0.390. The minimum Gasteiger partial charge on any atom is -0.375 e.